The highest BCUT2D eigenvalue weighted by Crippen LogP contribution is 2.44. The number of nitrogens with one attached hydrogen (secondary N) is 1. The van der Waals surface area contributed by atoms with Gasteiger partial charge >= 0.3 is 11.9 Å². The SMILES string of the molecule is Cc1c(C)c2c(c(C)c1O)CCC(C)(C(=O)Oc1cc3[nH]c(C(=O)O)cc3cc1O)O2. The molecular formula is C23H23NO7. The van der Waals surface area contributed by atoms with Crippen LogP contribution in [0.4, 0.5) is 0 Å². The number of H-pyrrole nitrogens is 1. The number of carbonyl (C=O) groups is 2. The van der Waals surface area contributed by atoms with E-state index in [1.165, 1.54) is 18.2 Å². The number of benzene rings is 2. The summed E-state index contributed by atoms with van der Waals surface area (Å²) in [5, 5.41) is 30.2. The van der Waals surface area contributed by atoms with E-state index < -0.39 is 17.5 Å². The molecule has 8 heteroatoms. The Bertz CT molecular complexity index is 1260. The summed E-state index contributed by atoms with van der Waals surface area (Å²) in [6.45, 7) is 7.07. The molecule has 1 aliphatic rings. The van der Waals surface area contributed by atoms with Crippen molar-refractivity contribution in [3.05, 3.63) is 46.1 Å². The molecule has 1 atom stereocenters. The van der Waals surface area contributed by atoms with Crippen LogP contribution in [0.25, 0.3) is 10.9 Å². The number of carbonyl (C=O) groups excluding carboxylic acids is 1. The fourth-order valence-corrected chi connectivity index (χ4v) is 3.95. The first-order valence-corrected chi connectivity index (χ1v) is 9.83. The van der Waals surface area contributed by atoms with Gasteiger partial charge in [0.25, 0.3) is 0 Å². The van der Waals surface area contributed by atoms with E-state index in [9.17, 15) is 19.8 Å². The summed E-state index contributed by atoms with van der Waals surface area (Å²) in [7, 11) is 0. The van der Waals surface area contributed by atoms with Crippen molar-refractivity contribution in [3.63, 3.8) is 0 Å². The lowest BCUT2D eigenvalue weighted by atomic mass is 9.87. The van der Waals surface area contributed by atoms with Gasteiger partial charge in [0.15, 0.2) is 11.5 Å². The van der Waals surface area contributed by atoms with Gasteiger partial charge in [0.05, 0.1) is 5.52 Å². The minimum absolute atomic E-state index is 0.0403. The van der Waals surface area contributed by atoms with Crippen LogP contribution in [0.5, 0.6) is 23.0 Å². The minimum atomic E-state index is -1.29. The van der Waals surface area contributed by atoms with Gasteiger partial charge in [-0.1, -0.05) is 0 Å². The van der Waals surface area contributed by atoms with Gasteiger partial charge in [-0.15, -0.1) is 0 Å². The highest BCUT2D eigenvalue weighted by Gasteiger charge is 2.42. The van der Waals surface area contributed by atoms with Gasteiger partial charge in [0.2, 0.25) is 5.60 Å². The third-order valence-corrected chi connectivity index (χ3v) is 6.08. The van der Waals surface area contributed by atoms with E-state index in [-0.39, 0.29) is 22.9 Å². The third kappa shape index (κ3) is 3.24. The predicted octanol–water partition coefficient (Wildman–Crippen LogP) is 3.89. The molecule has 4 N–H and O–H groups in total. The van der Waals surface area contributed by atoms with Crippen molar-refractivity contribution >= 4 is 22.8 Å². The maximum atomic E-state index is 13.0. The number of hydrogen-bond acceptors (Lipinski definition) is 6. The Morgan fingerprint density at radius 2 is 1.81 bits per heavy atom. The van der Waals surface area contributed by atoms with Gasteiger partial charge in [0.1, 0.15) is 17.2 Å². The van der Waals surface area contributed by atoms with Crippen LogP contribution in [-0.4, -0.2) is 37.8 Å². The predicted molar refractivity (Wildman–Crippen MR) is 112 cm³/mol. The molecule has 1 aliphatic heterocycles. The van der Waals surface area contributed by atoms with Crippen LogP contribution in [0.2, 0.25) is 0 Å². The Morgan fingerprint density at radius 1 is 1.10 bits per heavy atom. The summed E-state index contributed by atoms with van der Waals surface area (Å²) in [5.74, 6) is -1.40. The number of phenols is 2. The Labute approximate surface area is 178 Å². The summed E-state index contributed by atoms with van der Waals surface area (Å²) in [4.78, 5) is 26.9. The summed E-state index contributed by atoms with van der Waals surface area (Å²) >= 11 is 0. The fraction of sp³-hybridized carbons (Fsp3) is 0.304. The maximum Gasteiger partial charge on any atom is 0.355 e. The second-order valence-electron chi connectivity index (χ2n) is 8.15. The second-order valence-corrected chi connectivity index (χ2v) is 8.15. The number of phenolic OH excluding ortho intramolecular Hbond substituents is 2. The number of fused-ring (bicyclic) bond motifs is 2. The first-order valence-electron chi connectivity index (χ1n) is 9.83. The Balaban J connectivity index is 1.65. The number of aromatic carboxylic acids is 1. The molecule has 2 aromatic carbocycles. The molecule has 0 aliphatic carbocycles. The van der Waals surface area contributed by atoms with Gasteiger partial charge in [0, 0.05) is 23.4 Å². The molecule has 0 saturated carbocycles. The quantitative estimate of drug-likeness (QED) is 0.370. The first kappa shape index (κ1) is 20.6. The van der Waals surface area contributed by atoms with Crippen molar-refractivity contribution < 1.29 is 34.4 Å². The molecule has 2 heterocycles. The number of rotatable bonds is 3. The van der Waals surface area contributed by atoms with Gasteiger partial charge < -0.3 is 29.8 Å². The van der Waals surface area contributed by atoms with Crippen molar-refractivity contribution in [2.24, 2.45) is 0 Å². The minimum Gasteiger partial charge on any atom is -0.507 e. The third-order valence-electron chi connectivity index (χ3n) is 6.08. The largest absolute Gasteiger partial charge is 0.507 e. The number of aromatic hydroxyl groups is 2. The zero-order chi connectivity index (χ0) is 22.7. The lowest BCUT2D eigenvalue weighted by molar-refractivity contribution is -0.152. The molecular weight excluding hydrogens is 402 g/mol. The lowest BCUT2D eigenvalue weighted by Gasteiger charge is -2.35. The summed E-state index contributed by atoms with van der Waals surface area (Å²) in [5.41, 5.74) is 2.13. The molecule has 0 spiro atoms. The van der Waals surface area contributed by atoms with E-state index in [4.69, 9.17) is 14.6 Å². The lowest BCUT2D eigenvalue weighted by Crippen LogP contribution is -2.47. The molecule has 0 fully saturated rings. The monoisotopic (exact) mass is 425 g/mol. The van der Waals surface area contributed by atoms with E-state index >= 15 is 0 Å². The molecule has 1 aromatic heterocycles. The normalized spacial score (nSPS) is 17.8. The Hall–Kier alpha value is -3.68. The molecule has 0 radical (unpaired) electrons. The highest BCUT2D eigenvalue weighted by molar-refractivity contribution is 5.95. The topological polar surface area (TPSA) is 129 Å². The van der Waals surface area contributed by atoms with Crippen LogP contribution in [-0.2, 0) is 11.2 Å². The first-order chi connectivity index (χ1) is 14.5. The standard InChI is InChI=1S/C23H23NO7/c1-10-11(2)20-14(12(3)19(10)26)5-6-23(4,31-20)22(29)30-18-9-15-13(8-17(18)25)7-16(24-15)21(27)28/h7-9,24-26H,5-6H2,1-4H3,(H,27,28). The average Bonchev–Trinajstić information content (AvgIpc) is 3.14. The number of aromatic nitrogens is 1. The van der Waals surface area contributed by atoms with Crippen molar-refractivity contribution in [2.75, 3.05) is 0 Å². The number of aromatic amines is 1. The van der Waals surface area contributed by atoms with Crippen molar-refractivity contribution in [1.82, 2.24) is 4.98 Å². The van der Waals surface area contributed by atoms with Crippen LogP contribution in [0.1, 0.15) is 46.1 Å². The number of ether oxygens (including phenoxy) is 2. The van der Waals surface area contributed by atoms with Crippen molar-refractivity contribution in [3.8, 4) is 23.0 Å². The van der Waals surface area contributed by atoms with Gasteiger partial charge in [-0.05, 0) is 62.9 Å². The molecule has 8 nitrogen and oxygen atoms in total. The van der Waals surface area contributed by atoms with Crippen molar-refractivity contribution in [1.29, 1.82) is 0 Å². The maximum absolute atomic E-state index is 13.0. The number of esters is 1. The van der Waals surface area contributed by atoms with E-state index in [0.29, 0.717) is 35.1 Å². The molecule has 3 aromatic rings. The van der Waals surface area contributed by atoms with Crippen LogP contribution < -0.4 is 9.47 Å². The number of hydrogen-bond donors (Lipinski definition) is 4. The van der Waals surface area contributed by atoms with Gasteiger partial charge in [-0.3, -0.25) is 0 Å². The molecule has 0 saturated heterocycles. The van der Waals surface area contributed by atoms with E-state index in [1.54, 1.807) is 13.8 Å². The Morgan fingerprint density at radius 3 is 2.48 bits per heavy atom. The summed E-state index contributed by atoms with van der Waals surface area (Å²) in [6, 6.07) is 4.10. The van der Waals surface area contributed by atoms with Gasteiger partial charge in [-0.25, -0.2) is 9.59 Å². The van der Waals surface area contributed by atoms with Crippen LogP contribution >= 0.6 is 0 Å². The Kier molecular flexibility index (Phi) is 4.61. The summed E-state index contributed by atoms with van der Waals surface area (Å²) < 4.78 is 11.6. The zero-order valence-corrected chi connectivity index (χ0v) is 17.6. The van der Waals surface area contributed by atoms with Crippen LogP contribution in [0.15, 0.2) is 18.2 Å². The molecule has 31 heavy (non-hydrogen) atoms. The van der Waals surface area contributed by atoms with Crippen LogP contribution in [0.3, 0.4) is 0 Å². The molecule has 1 unspecified atom stereocenters. The molecule has 4 rings (SSSR count). The number of carboxylic acid groups (broad SMARTS) is 1. The van der Waals surface area contributed by atoms with E-state index in [2.05, 4.69) is 4.98 Å². The molecule has 162 valence electrons. The summed E-state index contributed by atoms with van der Waals surface area (Å²) in [6.07, 6.45) is 0.849. The highest BCUT2D eigenvalue weighted by atomic mass is 16.6. The van der Waals surface area contributed by atoms with Crippen LogP contribution in [0, 0.1) is 20.8 Å². The van der Waals surface area contributed by atoms with Gasteiger partial charge in [-0.2, -0.15) is 0 Å². The zero-order valence-electron chi connectivity index (χ0n) is 17.6. The molecule has 0 bridgehead atoms. The second kappa shape index (κ2) is 6.94. The average molecular weight is 425 g/mol. The molecule has 0 amide bonds. The smallest absolute Gasteiger partial charge is 0.355 e. The van der Waals surface area contributed by atoms with Crippen molar-refractivity contribution in [2.45, 2.75) is 46.1 Å². The van der Waals surface area contributed by atoms with E-state index in [1.807, 2.05) is 13.8 Å². The fourth-order valence-electron chi connectivity index (χ4n) is 3.95. The number of carboxylic acids is 1. The van der Waals surface area contributed by atoms with E-state index in [0.717, 1.165) is 16.7 Å².